The molecule has 0 saturated carbocycles. The van der Waals surface area contributed by atoms with Crippen molar-refractivity contribution in [2.75, 3.05) is 40.0 Å². The van der Waals surface area contributed by atoms with E-state index in [-0.39, 0.29) is 36.7 Å². The van der Waals surface area contributed by atoms with Crippen LogP contribution in [-0.2, 0) is 36.8 Å². The molecule has 1 N–H and O–H groups in total. The van der Waals surface area contributed by atoms with Gasteiger partial charge in [0.05, 0.1) is 35.2 Å². The number of likely N-dealkylation sites (N-methyl/N-ethyl adjacent to an activating group) is 1. The van der Waals surface area contributed by atoms with Gasteiger partial charge in [-0.3, -0.25) is 20.0 Å². The number of allylic oxidation sites excluding steroid dienone is 2. The molecule has 0 saturated heterocycles. The van der Waals surface area contributed by atoms with Crippen LogP contribution in [0.1, 0.15) is 47.6 Å². The van der Waals surface area contributed by atoms with Gasteiger partial charge in [-0.1, -0.05) is 84.9 Å². The highest BCUT2D eigenvalue weighted by Gasteiger charge is 2.38. The summed E-state index contributed by atoms with van der Waals surface area (Å²) in [5.41, 5.74) is 6.03. The molecule has 1 unspecified atom stereocenters. The summed E-state index contributed by atoms with van der Waals surface area (Å²) >= 11 is 0. The molecule has 2 heterocycles. The van der Waals surface area contributed by atoms with Crippen molar-refractivity contribution in [1.82, 2.24) is 15.2 Å². The van der Waals surface area contributed by atoms with Gasteiger partial charge in [0, 0.05) is 49.0 Å². The molecule has 1 aliphatic rings. The van der Waals surface area contributed by atoms with Crippen molar-refractivity contribution < 1.29 is 28.7 Å². The molecule has 0 radical (unpaired) electrons. The van der Waals surface area contributed by atoms with Crippen molar-refractivity contribution in [1.29, 1.82) is 0 Å². The highest BCUT2D eigenvalue weighted by Crippen LogP contribution is 2.40. The van der Waals surface area contributed by atoms with Crippen molar-refractivity contribution in [3.63, 3.8) is 0 Å². The maximum absolute atomic E-state index is 13.7. The normalized spacial score (nSPS) is 14.4. The number of nitro benzene ring substituents is 1. The summed E-state index contributed by atoms with van der Waals surface area (Å²) in [5.74, 6) is -2.26. The number of benzene rings is 3. The Morgan fingerprint density at radius 1 is 0.849 bits per heavy atom. The molecule has 1 aliphatic heterocycles. The molecule has 3 aromatic carbocycles. The number of carbonyl (C=O) groups is 2. The zero-order chi connectivity index (χ0) is 37.6. The Hall–Kier alpha value is -5.91. The van der Waals surface area contributed by atoms with Crippen LogP contribution in [0.4, 0.5) is 5.69 Å². The van der Waals surface area contributed by atoms with Gasteiger partial charge in [-0.2, -0.15) is 0 Å². The number of dihydropyridines is 1. The quantitative estimate of drug-likeness (QED) is 0.0541. The highest BCUT2D eigenvalue weighted by molar-refractivity contribution is 6.00. The fourth-order valence-corrected chi connectivity index (χ4v) is 6.12. The van der Waals surface area contributed by atoms with Crippen LogP contribution in [0, 0.1) is 10.1 Å². The van der Waals surface area contributed by atoms with E-state index in [2.05, 4.69) is 28.5 Å². The van der Waals surface area contributed by atoms with Gasteiger partial charge >= 0.3 is 11.9 Å². The number of hydrogen-bond acceptors (Lipinski definition) is 10. The Morgan fingerprint density at radius 2 is 1.55 bits per heavy atom. The molecule has 0 bridgehead atoms. The standard InChI is InChI=1S/C42H44N4O7/c1-30-38(41(47)52-23-21-45(3)29-34-10-5-4-6-11-34)40(36-14-7-15-37(27-36)46(49)50)39(31(2)44-30)42(48)53-25-24-51-22-9-13-32-16-18-33(19-17-32)26-35-12-8-20-43-28-35/h4-20,27-28,40,44H,21-26,29H2,1-3H3. The fourth-order valence-electron chi connectivity index (χ4n) is 6.12. The lowest BCUT2D eigenvalue weighted by atomic mass is 9.80. The molecule has 0 spiro atoms. The maximum Gasteiger partial charge on any atom is 0.336 e. The molecule has 11 heteroatoms. The monoisotopic (exact) mass is 716 g/mol. The van der Waals surface area contributed by atoms with E-state index in [0.717, 1.165) is 23.1 Å². The van der Waals surface area contributed by atoms with E-state index in [0.29, 0.717) is 36.7 Å². The van der Waals surface area contributed by atoms with Gasteiger partial charge in [-0.05, 0) is 61.2 Å². The molecular formula is C42H44N4O7. The molecule has 11 nitrogen and oxygen atoms in total. The predicted molar refractivity (Wildman–Crippen MR) is 202 cm³/mol. The van der Waals surface area contributed by atoms with Crippen molar-refractivity contribution >= 4 is 23.7 Å². The number of nitrogens with zero attached hydrogens (tertiary/aromatic N) is 3. The van der Waals surface area contributed by atoms with E-state index in [1.165, 1.54) is 23.8 Å². The number of hydrogen-bond donors (Lipinski definition) is 1. The molecule has 1 atom stereocenters. The van der Waals surface area contributed by atoms with Crippen molar-refractivity contribution in [2.45, 2.75) is 32.7 Å². The van der Waals surface area contributed by atoms with E-state index in [4.69, 9.17) is 14.2 Å². The van der Waals surface area contributed by atoms with Gasteiger partial charge in [0.15, 0.2) is 0 Å². The van der Waals surface area contributed by atoms with Crippen LogP contribution in [0.3, 0.4) is 0 Å². The topological polar surface area (TPSA) is 133 Å². The van der Waals surface area contributed by atoms with E-state index >= 15 is 0 Å². The lowest BCUT2D eigenvalue weighted by molar-refractivity contribution is -0.384. The fraction of sp³-hybridized carbons (Fsp3) is 0.262. The first kappa shape index (κ1) is 38.3. The average molecular weight is 717 g/mol. The third-order valence-corrected chi connectivity index (χ3v) is 8.71. The minimum absolute atomic E-state index is 0.0373. The number of non-ortho nitro benzene ring substituents is 1. The van der Waals surface area contributed by atoms with Crippen LogP contribution < -0.4 is 5.32 Å². The first-order valence-corrected chi connectivity index (χ1v) is 17.4. The van der Waals surface area contributed by atoms with Crippen LogP contribution in [0.15, 0.2) is 132 Å². The van der Waals surface area contributed by atoms with Gasteiger partial charge in [0.2, 0.25) is 0 Å². The lowest BCUT2D eigenvalue weighted by Crippen LogP contribution is -2.33. The van der Waals surface area contributed by atoms with Gasteiger partial charge in [-0.25, -0.2) is 9.59 Å². The number of esters is 2. The molecular weight excluding hydrogens is 672 g/mol. The number of ether oxygens (including phenoxy) is 3. The van der Waals surface area contributed by atoms with Crippen molar-refractivity contribution in [2.24, 2.45) is 0 Å². The minimum Gasteiger partial charge on any atom is -0.461 e. The Balaban J connectivity index is 1.18. The Bertz CT molecular complexity index is 1960. The maximum atomic E-state index is 13.7. The van der Waals surface area contributed by atoms with Gasteiger partial charge in [0.25, 0.3) is 5.69 Å². The van der Waals surface area contributed by atoms with E-state index in [1.54, 1.807) is 26.1 Å². The average Bonchev–Trinajstić information content (AvgIpc) is 3.15. The summed E-state index contributed by atoms with van der Waals surface area (Å²) in [6.07, 6.45) is 8.29. The number of pyridine rings is 1. The van der Waals surface area contributed by atoms with Gasteiger partial charge in [0.1, 0.15) is 13.2 Å². The van der Waals surface area contributed by atoms with E-state index in [9.17, 15) is 19.7 Å². The summed E-state index contributed by atoms with van der Waals surface area (Å²) in [7, 11) is 1.93. The van der Waals surface area contributed by atoms with Crippen LogP contribution in [-0.4, -0.2) is 66.8 Å². The molecule has 274 valence electrons. The highest BCUT2D eigenvalue weighted by atomic mass is 16.6. The Kier molecular flexibility index (Phi) is 13.8. The summed E-state index contributed by atoms with van der Waals surface area (Å²) < 4.78 is 17.1. The zero-order valence-electron chi connectivity index (χ0n) is 30.2. The summed E-state index contributed by atoms with van der Waals surface area (Å²) in [6.45, 7) is 5.09. The van der Waals surface area contributed by atoms with E-state index < -0.39 is 22.8 Å². The predicted octanol–water partition coefficient (Wildman–Crippen LogP) is 6.76. The molecule has 0 fully saturated rings. The molecule has 4 aromatic rings. The zero-order valence-corrected chi connectivity index (χ0v) is 30.2. The minimum atomic E-state index is -0.960. The third kappa shape index (κ3) is 11.0. The van der Waals surface area contributed by atoms with Crippen molar-refractivity contribution in [3.8, 4) is 0 Å². The number of nitro groups is 1. The number of rotatable bonds is 17. The van der Waals surface area contributed by atoms with Crippen LogP contribution in [0.25, 0.3) is 6.08 Å². The van der Waals surface area contributed by atoms with Crippen LogP contribution in [0.5, 0.6) is 0 Å². The van der Waals surface area contributed by atoms with Crippen LogP contribution in [0.2, 0.25) is 0 Å². The summed E-state index contributed by atoms with van der Waals surface area (Å²) in [4.78, 5) is 44.8. The molecule has 53 heavy (non-hydrogen) atoms. The summed E-state index contributed by atoms with van der Waals surface area (Å²) in [6, 6.07) is 28.1. The second-order valence-electron chi connectivity index (χ2n) is 12.7. The van der Waals surface area contributed by atoms with Crippen LogP contribution >= 0.6 is 0 Å². The molecule has 1 aromatic heterocycles. The number of nitrogens with one attached hydrogen (secondary N) is 1. The van der Waals surface area contributed by atoms with E-state index in [1.807, 2.05) is 78.8 Å². The van der Waals surface area contributed by atoms with Gasteiger partial charge in [-0.15, -0.1) is 0 Å². The second-order valence-corrected chi connectivity index (χ2v) is 12.7. The smallest absolute Gasteiger partial charge is 0.336 e. The number of carbonyl (C=O) groups excluding carboxylic acids is 2. The Labute approximate surface area is 309 Å². The Morgan fingerprint density at radius 3 is 2.23 bits per heavy atom. The molecule has 0 aliphatic carbocycles. The first-order chi connectivity index (χ1) is 25.7. The second kappa shape index (κ2) is 19.1. The third-order valence-electron chi connectivity index (χ3n) is 8.71. The molecule has 5 rings (SSSR count). The lowest BCUT2D eigenvalue weighted by Gasteiger charge is -2.30. The largest absolute Gasteiger partial charge is 0.461 e. The molecule has 0 amide bonds. The summed E-state index contributed by atoms with van der Waals surface area (Å²) in [5, 5.41) is 14.8. The first-order valence-electron chi connectivity index (χ1n) is 17.4. The van der Waals surface area contributed by atoms with Crippen molar-refractivity contribution in [3.05, 3.63) is 170 Å². The van der Waals surface area contributed by atoms with Gasteiger partial charge < -0.3 is 19.5 Å². The SMILES string of the molecule is CC1=C(C(=O)OCCOCC=Cc2ccc(Cc3cccnc3)cc2)C(c2cccc([N+](=O)[O-])c2)C(C(=O)OCCN(C)Cc2ccccc2)=C(C)N1. The number of aromatic nitrogens is 1.